The molecule has 3 heterocycles. The summed E-state index contributed by atoms with van der Waals surface area (Å²) in [6.07, 6.45) is 10.6. The van der Waals surface area contributed by atoms with Crippen molar-refractivity contribution in [1.82, 2.24) is 9.88 Å². The van der Waals surface area contributed by atoms with E-state index in [2.05, 4.69) is 33.0 Å². The third-order valence-electron chi connectivity index (χ3n) is 7.67. The van der Waals surface area contributed by atoms with E-state index >= 15 is 0 Å². The highest BCUT2D eigenvalue weighted by Gasteiger charge is 2.34. The molecule has 5 rings (SSSR count). The summed E-state index contributed by atoms with van der Waals surface area (Å²) in [5, 5.41) is 0. The number of ether oxygens (including phenoxy) is 1. The van der Waals surface area contributed by atoms with Gasteiger partial charge in [0.15, 0.2) is 5.78 Å². The first-order valence-electron chi connectivity index (χ1n) is 12.3. The third-order valence-corrected chi connectivity index (χ3v) is 7.67. The van der Waals surface area contributed by atoms with Crippen LogP contribution in [0.15, 0.2) is 36.5 Å². The molecule has 1 aromatic heterocycles. The van der Waals surface area contributed by atoms with E-state index in [9.17, 15) is 4.79 Å². The van der Waals surface area contributed by atoms with Crippen molar-refractivity contribution in [3.63, 3.8) is 0 Å². The van der Waals surface area contributed by atoms with Gasteiger partial charge in [-0.25, -0.2) is 4.98 Å². The minimum atomic E-state index is 0.185. The lowest BCUT2D eigenvalue weighted by Crippen LogP contribution is -2.48. The van der Waals surface area contributed by atoms with Gasteiger partial charge in [-0.2, -0.15) is 0 Å². The van der Waals surface area contributed by atoms with Crippen molar-refractivity contribution < 1.29 is 9.53 Å². The van der Waals surface area contributed by atoms with Gasteiger partial charge in [-0.3, -0.25) is 9.69 Å². The molecule has 5 nitrogen and oxygen atoms in total. The maximum absolute atomic E-state index is 12.7. The second-order valence-corrected chi connectivity index (χ2v) is 9.64. The van der Waals surface area contributed by atoms with Crippen LogP contribution in [0.2, 0.25) is 0 Å². The fraction of sp³-hybridized carbons (Fsp3) is 0.556. The summed E-state index contributed by atoms with van der Waals surface area (Å²) in [7, 11) is 1.82. The number of ketones is 1. The number of pyridine rings is 1. The van der Waals surface area contributed by atoms with Crippen LogP contribution in [0.3, 0.4) is 0 Å². The lowest BCUT2D eigenvalue weighted by molar-refractivity contribution is -0.0258. The maximum Gasteiger partial charge on any atom is 0.164 e. The van der Waals surface area contributed by atoms with Crippen LogP contribution < -0.4 is 4.90 Å². The number of hydrogen-bond acceptors (Lipinski definition) is 5. The van der Waals surface area contributed by atoms with E-state index in [0.29, 0.717) is 18.6 Å². The fourth-order valence-corrected chi connectivity index (χ4v) is 5.43. The van der Waals surface area contributed by atoms with E-state index in [-0.39, 0.29) is 5.78 Å². The van der Waals surface area contributed by atoms with Crippen molar-refractivity contribution in [2.75, 3.05) is 38.2 Å². The number of fused-ring (bicyclic) bond motifs is 1. The normalized spacial score (nSPS) is 23.5. The predicted octanol–water partition coefficient (Wildman–Crippen LogP) is 4.08. The van der Waals surface area contributed by atoms with Crippen molar-refractivity contribution >= 4 is 11.6 Å². The number of benzene rings is 1. The lowest BCUT2D eigenvalue weighted by atomic mass is 9.87. The average Bonchev–Trinajstić information content (AvgIpc) is 3.26. The van der Waals surface area contributed by atoms with Gasteiger partial charge in [-0.1, -0.05) is 18.2 Å². The molecule has 1 saturated heterocycles. The van der Waals surface area contributed by atoms with E-state index in [1.54, 1.807) is 6.20 Å². The largest absolute Gasteiger partial charge is 0.381 e. The molecule has 2 aromatic rings. The SMILES string of the molecule is COC1CC(N2CCc3ccc(CCC(=O)c4ccc(N5CCCC5)nc4)cc3CC2)C1. The van der Waals surface area contributed by atoms with E-state index in [1.165, 1.54) is 42.4 Å². The van der Waals surface area contributed by atoms with Gasteiger partial charge in [0.05, 0.1) is 6.10 Å². The Labute approximate surface area is 191 Å². The van der Waals surface area contributed by atoms with Gasteiger partial charge in [0.25, 0.3) is 0 Å². The predicted molar refractivity (Wildman–Crippen MR) is 128 cm³/mol. The van der Waals surface area contributed by atoms with Crippen molar-refractivity contribution in [2.24, 2.45) is 0 Å². The molecule has 0 bridgehead atoms. The molecule has 2 aliphatic heterocycles. The summed E-state index contributed by atoms with van der Waals surface area (Å²) in [6, 6.07) is 11.5. The molecular formula is C27H35N3O2. The minimum Gasteiger partial charge on any atom is -0.381 e. The van der Waals surface area contributed by atoms with E-state index in [0.717, 1.165) is 56.8 Å². The molecule has 1 aromatic carbocycles. The number of methoxy groups -OCH3 is 1. The molecule has 0 N–H and O–H groups in total. The monoisotopic (exact) mass is 433 g/mol. The van der Waals surface area contributed by atoms with E-state index in [1.807, 2.05) is 19.2 Å². The Morgan fingerprint density at radius 1 is 1.03 bits per heavy atom. The molecule has 0 unspecified atom stereocenters. The molecule has 3 aliphatic rings. The van der Waals surface area contributed by atoms with Crippen LogP contribution in [0.25, 0.3) is 0 Å². The quantitative estimate of drug-likeness (QED) is 0.616. The van der Waals surface area contributed by atoms with Gasteiger partial charge in [-0.15, -0.1) is 0 Å². The summed E-state index contributed by atoms with van der Waals surface area (Å²) in [5.41, 5.74) is 4.95. The van der Waals surface area contributed by atoms with Crippen LogP contribution in [-0.4, -0.2) is 61.1 Å². The summed E-state index contributed by atoms with van der Waals surface area (Å²) in [6.45, 7) is 4.42. The second-order valence-electron chi connectivity index (χ2n) is 9.64. The molecule has 0 spiro atoms. The number of carbonyl (C=O) groups excluding carboxylic acids is 1. The smallest absolute Gasteiger partial charge is 0.164 e. The molecule has 1 aliphatic carbocycles. The highest BCUT2D eigenvalue weighted by molar-refractivity contribution is 5.96. The number of carbonyl (C=O) groups is 1. The topological polar surface area (TPSA) is 45.7 Å². The molecule has 2 fully saturated rings. The fourth-order valence-electron chi connectivity index (χ4n) is 5.43. The number of nitrogens with zero attached hydrogens (tertiary/aromatic N) is 3. The van der Waals surface area contributed by atoms with Gasteiger partial charge in [0, 0.05) is 57.5 Å². The van der Waals surface area contributed by atoms with Crippen LogP contribution in [-0.2, 0) is 24.0 Å². The van der Waals surface area contributed by atoms with Crippen LogP contribution in [0, 0.1) is 0 Å². The van der Waals surface area contributed by atoms with Crippen molar-refractivity contribution in [3.05, 3.63) is 58.8 Å². The summed E-state index contributed by atoms with van der Waals surface area (Å²) >= 11 is 0. The van der Waals surface area contributed by atoms with Crippen LogP contribution >= 0.6 is 0 Å². The number of Topliss-reactive ketones (excluding diaryl/α,β-unsaturated/α-hetero) is 1. The van der Waals surface area contributed by atoms with Crippen LogP contribution in [0.4, 0.5) is 5.82 Å². The molecule has 170 valence electrons. The first-order chi connectivity index (χ1) is 15.7. The Hall–Kier alpha value is -2.24. The zero-order valence-electron chi connectivity index (χ0n) is 19.3. The molecule has 0 radical (unpaired) electrons. The molecular weight excluding hydrogens is 398 g/mol. The Balaban J connectivity index is 1.15. The van der Waals surface area contributed by atoms with Crippen molar-refractivity contribution in [1.29, 1.82) is 0 Å². The minimum absolute atomic E-state index is 0.185. The number of aromatic nitrogens is 1. The Kier molecular flexibility index (Phi) is 6.56. The third kappa shape index (κ3) is 4.74. The lowest BCUT2D eigenvalue weighted by Gasteiger charge is -2.41. The van der Waals surface area contributed by atoms with Crippen molar-refractivity contribution in [2.45, 2.75) is 63.5 Å². The van der Waals surface area contributed by atoms with E-state index < -0.39 is 0 Å². The number of rotatable bonds is 7. The Morgan fingerprint density at radius 3 is 2.53 bits per heavy atom. The molecule has 1 saturated carbocycles. The zero-order chi connectivity index (χ0) is 21.9. The molecule has 32 heavy (non-hydrogen) atoms. The number of anilines is 1. The van der Waals surface area contributed by atoms with Crippen LogP contribution in [0.1, 0.15) is 59.2 Å². The molecule has 0 atom stereocenters. The maximum atomic E-state index is 12.7. The number of hydrogen-bond donors (Lipinski definition) is 0. The Morgan fingerprint density at radius 2 is 1.81 bits per heavy atom. The average molecular weight is 434 g/mol. The summed E-state index contributed by atoms with van der Waals surface area (Å²) < 4.78 is 5.46. The molecule has 0 amide bonds. The van der Waals surface area contributed by atoms with Gasteiger partial charge in [0.1, 0.15) is 5.82 Å². The van der Waals surface area contributed by atoms with Gasteiger partial charge < -0.3 is 9.64 Å². The van der Waals surface area contributed by atoms with Crippen LogP contribution in [0.5, 0.6) is 0 Å². The van der Waals surface area contributed by atoms with Gasteiger partial charge in [-0.05, 0) is 73.8 Å². The zero-order valence-corrected chi connectivity index (χ0v) is 19.3. The molecule has 5 heteroatoms. The number of aryl methyl sites for hydroxylation is 1. The first kappa shape index (κ1) is 21.6. The van der Waals surface area contributed by atoms with Gasteiger partial charge in [0.2, 0.25) is 0 Å². The summed E-state index contributed by atoms with van der Waals surface area (Å²) in [5.74, 6) is 1.18. The highest BCUT2D eigenvalue weighted by atomic mass is 16.5. The Bertz CT molecular complexity index is 930. The summed E-state index contributed by atoms with van der Waals surface area (Å²) in [4.78, 5) is 22.2. The van der Waals surface area contributed by atoms with Gasteiger partial charge >= 0.3 is 0 Å². The highest BCUT2D eigenvalue weighted by Crippen LogP contribution is 2.30. The standard InChI is InChI=1S/C27H35N3O2/c1-32-25-17-24(18-25)29-14-10-21-6-4-20(16-22(21)11-15-29)5-8-26(31)23-7-9-27(28-19-23)30-12-2-3-13-30/h4,6-7,9,16,19,24-25H,2-3,5,8,10-15,17-18H2,1H3. The van der Waals surface area contributed by atoms with Crippen molar-refractivity contribution in [3.8, 4) is 0 Å². The second kappa shape index (κ2) is 9.72. The first-order valence-corrected chi connectivity index (χ1v) is 12.3. The van der Waals surface area contributed by atoms with E-state index in [4.69, 9.17) is 4.74 Å².